The van der Waals surface area contributed by atoms with Crippen LogP contribution in [0.25, 0.3) is 0 Å². The first-order valence-electron chi connectivity index (χ1n) is 6.17. The van der Waals surface area contributed by atoms with Crippen LogP contribution >= 0.6 is 0 Å². The fourth-order valence-electron chi connectivity index (χ4n) is 1.68. The van der Waals surface area contributed by atoms with Crippen LogP contribution < -0.4 is 5.32 Å². The summed E-state index contributed by atoms with van der Waals surface area (Å²) in [6.45, 7) is 4.56. The maximum atomic E-state index is 11.9. The molecule has 0 fully saturated rings. The van der Waals surface area contributed by atoms with Gasteiger partial charge >= 0.3 is 0 Å². The topological polar surface area (TPSA) is 72.7 Å². The summed E-state index contributed by atoms with van der Waals surface area (Å²) in [7, 11) is 1.74. The van der Waals surface area contributed by atoms with Gasteiger partial charge in [-0.1, -0.05) is 26.0 Å². The van der Waals surface area contributed by atoms with Crippen LogP contribution in [0.2, 0.25) is 0 Å². The molecule has 6 heteroatoms. The number of hydrogen-bond acceptors (Lipinski definition) is 4. The van der Waals surface area contributed by atoms with Gasteiger partial charge in [-0.2, -0.15) is 0 Å². The van der Waals surface area contributed by atoms with E-state index in [1.165, 1.54) is 10.2 Å². The highest BCUT2D eigenvalue weighted by molar-refractivity contribution is 5.94. The summed E-state index contributed by atoms with van der Waals surface area (Å²) in [6, 6.07) is 7.62. The van der Waals surface area contributed by atoms with Crippen molar-refractivity contribution in [3.8, 4) is 0 Å². The molecule has 100 valence electrons. The van der Waals surface area contributed by atoms with Crippen molar-refractivity contribution in [2.45, 2.75) is 26.3 Å². The second-order valence-corrected chi connectivity index (χ2v) is 4.68. The van der Waals surface area contributed by atoms with Gasteiger partial charge < -0.3 is 5.32 Å². The number of nitrogens with one attached hydrogen (secondary N) is 1. The summed E-state index contributed by atoms with van der Waals surface area (Å²) in [4.78, 5) is 11.9. The van der Waals surface area contributed by atoms with Gasteiger partial charge in [0.05, 0.1) is 6.54 Å². The molecule has 1 heterocycles. The van der Waals surface area contributed by atoms with Crippen molar-refractivity contribution in [1.29, 1.82) is 0 Å². The van der Waals surface area contributed by atoms with Crippen LogP contribution in [0.1, 0.15) is 41.5 Å². The van der Waals surface area contributed by atoms with Gasteiger partial charge in [0.25, 0.3) is 5.91 Å². The molecule has 0 spiro atoms. The van der Waals surface area contributed by atoms with Crippen LogP contribution in [0, 0.1) is 0 Å². The molecular formula is C13H17N5O. The Kier molecular flexibility index (Phi) is 3.89. The highest BCUT2D eigenvalue weighted by Gasteiger charge is 2.08. The third-order valence-electron chi connectivity index (χ3n) is 2.95. The second-order valence-electron chi connectivity index (χ2n) is 4.68. The Morgan fingerprint density at radius 2 is 2.00 bits per heavy atom. The summed E-state index contributed by atoms with van der Waals surface area (Å²) >= 11 is 0. The van der Waals surface area contributed by atoms with Crippen molar-refractivity contribution in [1.82, 2.24) is 25.5 Å². The van der Waals surface area contributed by atoms with Crippen LogP contribution in [0.4, 0.5) is 0 Å². The van der Waals surface area contributed by atoms with Gasteiger partial charge in [-0.3, -0.25) is 4.79 Å². The summed E-state index contributed by atoms with van der Waals surface area (Å²) in [5, 5.41) is 13.8. The molecular weight excluding hydrogens is 242 g/mol. The van der Waals surface area contributed by atoms with Crippen LogP contribution in [0.3, 0.4) is 0 Å². The van der Waals surface area contributed by atoms with E-state index in [1.54, 1.807) is 7.05 Å². The molecule has 0 unspecified atom stereocenters. The van der Waals surface area contributed by atoms with Gasteiger partial charge in [-0.05, 0) is 34.0 Å². The number of carbonyl (C=O) groups is 1. The zero-order valence-corrected chi connectivity index (χ0v) is 11.3. The normalized spacial score (nSPS) is 10.7. The number of amides is 1. The Balaban J connectivity index is 1.98. The Hall–Kier alpha value is -2.24. The van der Waals surface area contributed by atoms with Crippen molar-refractivity contribution in [2.75, 3.05) is 0 Å². The Labute approximate surface area is 111 Å². The SMILES string of the molecule is CC(C)c1ccc(C(=O)NCc2nnnn2C)cc1. The molecule has 2 rings (SSSR count). The molecule has 0 saturated heterocycles. The van der Waals surface area contributed by atoms with Gasteiger partial charge in [-0.25, -0.2) is 4.68 Å². The first kappa shape index (κ1) is 13.2. The predicted octanol–water partition coefficient (Wildman–Crippen LogP) is 1.26. The molecule has 0 aliphatic carbocycles. The molecule has 1 amide bonds. The van der Waals surface area contributed by atoms with E-state index in [0.29, 0.717) is 23.9 Å². The zero-order chi connectivity index (χ0) is 13.8. The third-order valence-corrected chi connectivity index (χ3v) is 2.95. The summed E-state index contributed by atoms with van der Waals surface area (Å²) in [5.74, 6) is 0.951. The van der Waals surface area contributed by atoms with Crippen molar-refractivity contribution in [3.63, 3.8) is 0 Å². The number of nitrogens with zero attached hydrogens (tertiary/aromatic N) is 4. The smallest absolute Gasteiger partial charge is 0.251 e. The second kappa shape index (κ2) is 5.60. The number of tetrazole rings is 1. The lowest BCUT2D eigenvalue weighted by atomic mass is 10.0. The van der Waals surface area contributed by atoms with Crippen LogP contribution in [-0.4, -0.2) is 26.1 Å². The van der Waals surface area contributed by atoms with E-state index in [4.69, 9.17) is 0 Å². The molecule has 0 saturated carbocycles. The molecule has 1 aromatic heterocycles. The lowest BCUT2D eigenvalue weighted by Gasteiger charge is -2.07. The van der Waals surface area contributed by atoms with E-state index in [-0.39, 0.29) is 5.91 Å². The fourth-order valence-corrected chi connectivity index (χ4v) is 1.68. The maximum absolute atomic E-state index is 11.9. The van der Waals surface area contributed by atoms with Gasteiger partial charge in [0.2, 0.25) is 0 Å². The minimum absolute atomic E-state index is 0.127. The van der Waals surface area contributed by atoms with Crippen LogP contribution in [0.15, 0.2) is 24.3 Å². The average molecular weight is 259 g/mol. The molecule has 6 nitrogen and oxygen atoms in total. The maximum Gasteiger partial charge on any atom is 0.251 e. The molecule has 1 N–H and O–H groups in total. The minimum atomic E-state index is -0.127. The Bertz CT molecular complexity index is 559. The number of benzene rings is 1. The van der Waals surface area contributed by atoms with Gasteiger partial charge in [-0.15, -0.1) is 5.10 Å². The molecule has 0 aliphatic heterocycles. The lowest BCUT2D eigenvalue weighted by Crippen LogP contribution is -2.24. The highest BCUT2D eigenvalue weighted by Crippen LogP contribution is 2.14. The molecule has 19 heavy (non-hydrogen) atoms. The highest BCUT2D eigenvalue weighted by atomic mass is 16.1. The number of hydrogen-bond donors (Lipinski definition) is 1. The molecule has 0 bridgehead atoms. The first-order valence-corrected chi connectivity index (χ1v) is 6.17. The average Bonchev–Trinajstić information content (AvgIpc) is 2.81. The van der Waals surface area contributed by atoms with Crippen molar-refractivity contribution < 1.29 is 4.79 Å². The van der Waals surface area contributed by atoms with E-state index in [2.05, 4.69) is 34.7 Å². The van der Waals surface area contributed by atoms with E-state index >= 15 is 0 Å². The first-order chi connectivity index (χ1) is 9.08. The molecule has 2 aromatic rings. The Morgan fingerprint density at radius 3 is 2.53 bits per heavy atom. The van der Waals surface area contributed by atoms with Crippen molar-refractivity contribution >= 4 is 5.91 Å². The monoisotopic (exact) mass is 259 g/mol. The van der Waals surface area contributed by atoms with Gasteiger partial charge in [0, 0.05) is 12.6 Å². The fraction of sp³-hybridized carbons (Fsp3) is 0.385. The largest absolute Gasteiger partial charge is 0.345 e. The van der Waals surface area contributed by atoms with E-state index in [0.717, 1.165) is 0 Å². The molecule has 1 aromatic carbocycles. The lowest BCUT2D eigenvalue weighted by molar-refractivity contribution is 0.0949. The van der Waals surface area contributed by atoms with Gasteiger partial charge in [0.15, 0.2) is 5.82 Å². The zero-order valence-electron chi connectivity index (χ0n) is 11.3. The summed E-state index contributed by atoms with van der Waals surface area (Å²) in [6.07, 6.45) is 0. The third kappa shape index (κ3) is 3.15. The number of carbonyl (C=O) groups excluding carboxylic acids is 1. The van der Waals surface area contributed by atoms with Crippen LogP contribution in [0.5, 0.6) is 0 Å². The number of rotatable bonds is 4. The number of aryl methyl sites for hydroxylation is 1. The van der Waals surface area contributed by atoms with Crippen LogP contribution in [-0.2, 0) is 13.6 Å². The van der Waals surface area contributed by atoms with E-state index < -0.39 is 0 Å². The van der Waals surface area contributed by atoms with Gasteiger partial charge in [0.1, 0.15) is 0 Å². The van der Waals surface area contributed by atoms with Crippen molar-refractivity contribution in [2.24, 2.45) is 7.05 Å². The molecule has 0 atom stereocenters. The summed E-state index contributed by atoms with van der Waals surface area (Å²) < 4.78 is 1.53. The quantitative estimate of drug-likeness (QED) is 0.897. The van der Waals surface area contributed by atoms with Crippen molar-refractivity contribution in [3.05, 3.63) is 41.2 Å². The Morgan fingerprint density at radius 1 is 1.32 bits per heavy atom. The van der Waals surface area contributed by atoms with E-state index in [9.17, 15) is 4.79 Å². The standard InChI is InChI=1S/C13H17N5O/c1-9(2)10-4-6-11(7-5-10)13(19)14-8-12-15-16-17-18(12)3/h4-7,9H,8H2,1-3H3,(H,14,19). The number of aromatic nitrogens is 4. The molecule has 0 aliphatic rings. The minimum Gasteiger partial charge on any atom is -0.345 e. The summed E-state index contributed by atoms with van der Waals surface area (Å²) in [5.41, 5.74) is 1.86. The predicted molar refractivity (Wildman–Crippen MR) is 70.5 cm³/mol. The van der Waals surface area contributed by atoms with E-state index in [1.807, 2.05) is 24.3 Å². The molecule has 0 radical (unpaired) electrons.